The first-order chi connectivity index (χ1) is 7.63. The van der Waals surface area contributed by atoms with Crippen LogP contribution in [0, 0.1) is 10.1 Å². The maximum Gasteiger partial charge on any atom is 0.264 e. The van der Waals surface area contributed by atoms with Gasteiger partial charge in [0.15, 0.2) is 0 Å². The third-order valence-electron chi connectivity index (χ3n) is 1.72. The maximum atomic E-state index is 11.6. The van der Waals surface area contributed by atoms with Gasteiger partial charge in [-0.2, -0.15) is 0 Å². The fourth-order valence-electron chi connectivity index (χ4n) is 1.01. The highest BCUT2D eigenvalue weighted by atomic mass is 32.2. The lowest BCUT2D eigenvalue weighted by Crippen LogP contribution is -2.21. The molecule has 84 valence electrons. The van der Waals surface area contributed by atoms with E-state index in [1.807, 2.05) is 0 Å². The molecule has 0 heterocycles. The van der Waals surface area contributed by atoms with Crippen LogP contribution in [0.15, 0.2) is 41.6 Å². The van der Waals surface area contributed by atoms with E-state index >= 15 is 0 Å². The molecule has 0 atom stereocenters. The minimum atomic E-state index is -0.600. The molecule has 0 bridgehead atoms. The second-order valence-corrected chi connectivity index (χ2v) is 3.65. The fraction of sp³-hybridized carbons (Fsp3) is 0.100. The number of amides is 1. The standard InChI is InChI=1S/C10H10N2O3S/c1-16-9(7-12(14)15)11-10(13)8-5-3-2-4-6-8/h2-7H,1H3,(H,11,13)/b9-7-. The fourth-order valence-corrected chi connectivity index (χ4v) is 1.39. The summed E-state index contributed by atoms with van der Waals surface area (Å²) in [6, 6.07) is 8.52. The largest absolute Gasteiger partial charge is 0.311 e. The Balaban J connectivity index is 2.74. The van der Waals surface area contributed by atoms with Crippen LogP contribution in [-0.2, 0) is 0 Å². The molecular weight excluding hydrogens is 228 g/mol. The summed E-state index contributed by atoms with van der Waals surface area (Å²) in [6.45, 7) is 0. The van der Waals surface area contributed by atoms with E-state index in [1.54, 1.807) is 36.6 Å². The second kappa shape index (κ2) is 5.92. The Morgan fingerprint density at radius 1 is 1.44 bits per heavy atom. The van der Waals surface area contributed by atoms with Gasteiger partial charge in [0.1, 0.15) is 5.03 Å². The molecule has 0 saturated carbocycles. The number of nitro groups is 1. The van der Waals surface area contributed by atoms with E-state index in [9.17, 15) is 14.9 Å². The molecule has 16 heavy (non-hydrogen) atoms. The molecule has 0 unspecified atom stereocenters. The third kappa shape index (κ3) is 3.74. The van der Waals surface area contributed by atoms with E-state index in [2.05, 4.69) is 5.32 Å². The molecule has 0 aliphatic rings. The lowest BCUT2D eigenvalue weighted by atomic mass is 10.2. The number of carbonyl (C=O) groups excluding carboxylic acids is 1. The molecule has 0 spiro atoms. The van der Waals surface area contributed by atoms with E-state index in [-0.39, 0.29) is 10.9 Å². The molecule has 0 aliphatic heterocycles. The average molecular weight is 238 g/mol. The molecule has 1 aromatic rings. The van der Waals surface area contributed by atoms with E-state index in [1.165, 1.54) is 0 Å². The van der Waals surface area contributed by atoms with Crippen molar-refractivity contribution >= 4 is 17.7 Å². The van der Waals surface area contributed by atoms with Crippen molar-refractivity contribution in [3.63, 3.8) is 0 Å². The second-order valence-electron chi connectivity index (χ2n) is 2.80. The molecule has 0 saturated heterocycles. The van der Waals surface area contributed by atoms with Gasteiger partial charge < -0.3 is 5.32 Å². The number of thioether (sulfide) groups is 1. The minimum absolute atomic E-state index is 0.207. The van der Waals surface area contributed by atoms with Crippen LogP contribution in [0.4, 0.5) is 0 Å². The number of rotatable bonds is 4. The smallest absolute Gasteiger partial charge is 0.264 e. The average Bonchev–Trinajstić information content (AvgIpc) is 2.28. The molecule has 0 aromatic heterocycles. The van der Waals surface area contributed by atoms with Gasteiger partial charge in [-0.3, -0.25) is 14.9 Å². The molecule has 1 amide bonds. The van der Waals surface area contributed by atoms with Gasteiger partial charge in [-0.1, -0.05) is 18.2 Å². The van der Waals surface area contributed by atoms with Crippen LogP contribution in [0.3, 0.4) is 0 Å². The van der Waals surface area contributed by atoms with E-state index in [0.717, 1.165) is 18.0 Å². The number of nitrogens with zero attached hydrogens (tertiary/aromatic N) is 1. The number of hydrogen-bond acceptors (Lipinski definition) is 4. The number of hydrogen-bond donors (Lipinski definition) is 1. The van der Waals surface area contributed by atoms with Gasteiger partial charge >= 0.3 is 0 Å². The summed E-state index contributed by atoms with van der Waals surface area (Å²) in [5, 5.41) is 12.9. The minimum Gasteiger partial charge on any atom is -0.311 e. The lowest BCUT2D eigenvalue weighted by Gasteiger charge is -2.04. The summed E-state index contributed by atoms with van der Waals surface area (Å²) >= 11 is 1.11. The normalized spacial score (nSPS) is 10.9. The Kier molecular flexibility index (Phi) is 4.53. The molecule has 6 heteroatoms. The van der Waals surface area contributed by atoms with Crippen LogP contribution in [0.5, 0.6) is 0 Å². The van der Waals surface area contributed by atoms with Crippen molar-refractivity contribution in [2.24, 2.45) is 0 Å². The topological polar surface area (TPSA) is 72.2 Å². The maximum absolute atomic E-state index is 11.6. The highest BCUT2D eigenvalue weighted by molar-refractivity contribution is 8.02. The van der Waals surface area contributed by atoms with Gasteiger partial charge in [-0.15, -0.1) is 11.8 Å². The van der Waals surface area contributed by atoms with Crippen LogP contribution in [0.2, 0.25) is 0 Å². The first-order valence-electron chi connectivity index (χ1n) is 4.39. The first kappa shape index (κ1) is 12.3. The molecule has 1 rings (SSSR count). The van der Waals surface area contributed by atoms with Crippen LogP contribution in [0.1, 0.15) is 10.4 Å². The molecule has 0 radical (unpaired) electrons. The van der Waals surface area contributed by atoms with Gasteiger partial charge in [-0.05, 0) is 18.4 Å². The Labute approximate surface area is 96.7 Å². The summed E-state index contributed by atoms with van der Waals surface area (Å²) in [4.78, 5) is 21.3. The molecular formula is C10H10N2O3S. The van der Waals surface area contributed by atoms with E-state index in [4.69, 9.17) is 0 Å². The summed E-state index contributed by atoms with van der Waals surface area (Å²) < 4.78 is 0. The number of benzene rings is 1. The van der Waals surface area contributed by atoms with Crippen molar-refractivity contribution in [2.45, 2.75) is 0 Å². The summed E-state index contributed by atoms with van der Waals surface area (Å²) in [5.41, 5.74) is 0.464. The van der Waals surface area contributed by atoms with E-state index in [0.29, 0.717) is 5.56 Å². The Hall–Kier alpha value is -1.82. The van der Waals surface area contributed by atoms with Crippen molar-refractivity contribution in [3.05, 3.63) is 57.2 Å². The predicted molar refractivity (Wildman–Crippen MR) is 62.5 cm³/mol. The zero-order valence-electron chi connectivity index (χ0n) is 8.54. The molecule has 5 nitrogen and oxygen atoms in total. The summed E-state index contributed by atoms with van der Waals surface area (Å²) in [6.07, 6.45) is 2.42. The predicted octanol–water partition coefficient (Wildman–Crippen LogP) is 1.85. The van der Waals surface area contributed by atoms with E-state index < -0.39 is 4.92 Å². The molecule has 1 aromatic carbocycles. The number of carbonyl (C=O) groups is 1. The molecule has 0 aliphatic carbocycles. The van der Waals surface area contributed by atoms with Crippen molar-refractivity contribution in [1.29, 1.82) is 0 Å². The molecule has 1 N–H and O–H groups in total. The van der Waals surface area contributed by atoms with Crippen LogP contribution < -0.4 is 5.32 Å². The Morgan fingerprint density at radius 2 is 2.06 bits per heavy atom. The first-order valence-corrected chi connectivity index (χ1v) is 5.61. The zero-order chi connectivity index (χ0) is 12.0. The van der Waals surface area contributed by atoms with Crippen LogP contribution in [0.25, 0.3) is 0 Å². The monoisotopic (exact) mass is 238 g/mol. The highest BCUT2D eigenvalue weighted by Crippen LogP contribution is 2.09. The van der Waals surface area contributed by atoms with Crippen molar-refractivity contribution < 1.29 is 9.72 Å². The van der Waals surface area contributed by atoms with Crippen LogP contribution >= 0.6 is 11.8 Å². The Bertz CT molecular complexity index is 417. The van der Waals surface area contributed by atoms with Crippen LogP contribution in [-0.4, -0.2) is 17.1 Å². The van der Waals surface area contributed by atoms with Gasteiger partial charge in [0.2, 0.25) is 0 Å². The zero-order valence-corrected chi connectivity index (χ0v) is 9.36. The lowest BCUT2D eigenvalue weighted by molar-refractivity contribution is -0.403. The number of nitrogens with one attached hydrogen (secondary N) is 1. The van der Waals surface area contributed by atoms with Crippen molar-refractivity contribution in [3.8, 4) is 0 Å². The van der Waals surface area contributed by atoms with Gasteiger partial charge in [-0.25, -0.2) is 0 Å². The van der Waals surface area contributed by atoms with Crippen molar-refractivity contribution in [2.75, 3.05) is 6.26 Å². The highest BCUT2D eigenvalue weighted by Gasteiger charge is 2.08. The third-order valence-corrected chi connectivity index (χ3v) is 2.36. The Morgan fingerprint density at radius 3 is 2.56 bits per heavy atom. The summed E-state index contributed by atoms with van der Waals surface area (Å²) in [7, 11) is 0. The van der Waals surface area contributed by atoms with Crippen molar-refractivity contribution in [1.82, 2.24) is 5.32 Å². The quantitative estimate of drug-likeness (QED) is 0.642. The van der Waals surface area contributed by atoms with Gasteiger partial charge in [0, 0.05) is 5.56 Å². The van der Waals surface area contributed by atoms with Gasteiger partial charge in [0.25, 0.3) is 12.1 Å². The summed E-state index contributed by atoms with van der Waals surface area (Å²) in [5.74, 6) is -0.358. The SMILES string of the molecule is CS/C(=C\[N+](=O)[O-])NC(=O)c1ccccc1. The molecule has 0 fully saturated rings. The van der Waals surface area contributed by atoms with Gasteiger partial charge in [0.05, 0.1) is 4.92 Å².